The van der Waals surface area contributed by atoms with E-state index in [-0.39, 0.29) is 6.04 Å². The topological polar surface area (TPSA) is 92.0 Å². The molecule has 0 saturated heterocycles. The van der Waals surface area contributed by atoms with Gasteiger partial charge in [0.1, 0.15) is 11.5 Å². The van der Waals surface area contributed by atoms with Gasteiger partial charge < -0.3 is 11.1 Å². The quantitative estimate of drug-likeness (QED) is 0.559. The van der Waals surface area contributed by atoms with Crippen molar-refractivity contribution in [3.05, 3.63) is 77.6 Å². The number of aromatic nitrogens is 3. The average molecular weight is 368 g/mol. The molecule has 3 N–H and O–H groups in total. The molecule has 1 aromatic carbocycles. The van der Waals surface area contributed by atoms with E-state index < -0.39 is 0 Å². The lowest BCUT2D eigenvalue weighted by atomic mass is 10.1. The monoisotopic (exact) mass is 368 g/mol. The SMILES string of the molecule is Cc1nc2ccccn2c1-c1cc(C#N)cc(Nc2ccc(C(C)N)cc2)n1. The molecule has 0 aliphatic heterocycles. The number of benzene rings is 1. The zero-order valence-electron chi connectivity index (χ0n) is 15.7. The van der Waals surface area contributed by atoms with Gasteiger partial charge in [0, 0.05) is 17.9 Å². The Labute approximate surface area is 163 Å². The molecule has 0 saturated carbocycles. The van der Waals surface area contributed by atoms with Crippen molar-refractivity contribution < 1.29 is 0 Å². The fourth-order valence-electron chi connectivity index (χ4n) is 3.22. The number of rotatable bonds is 4. The van der Waals surface area contributed by atoms with E-state index in [0.717, 1.165) is 28.3 Å². The molecule has 4 rings (SSSR count). The lowest BCUT2D eigenvalue weighted by molar-refractivity contribution is 0.818. The third kappa shape index (κ3) is 3.31. The number of nitrogens with one attached hydrogen (secondary N) is 1. The molecule has 6 nitrogen and oxygen atoms in total. The van der Waals surface area contributed by atoms with Crippen LogP contribution in [0.3, 0.4) is 0 Å². The van der Waals surface area contributed by atoms with Gasteiger partial charge in [-0.25, -0.2) is 9.97 Å². The van der Waals surface area contributed by atoms with E-state index >= 15 is 0 Å². The van der Waals surface area contributed by atoms with Gasteiger partial charge in [0.25, 0.3) is 0 Å². The van der Waals surface area contributed by atoms with Crippen LogP contribution in [0.15, 0.2) is 60.8 Å². The van der Waals surface area contributed by atoms with Crippen molar-refractivity contribution in [2.45, 2.75) is 19.9 Å². The van der Waals surface area contributed by atoms with E-state index in [2.05, 4.69) is 16.4 Å². The number of nitrogens with zero attached hydrogens (tertiary/aromatic N) is 4. The fraction of sp³-hybridized carbons (Fsp3) is 0.136. The molecule has 3 heterocycles. The summed E-state index contributed by atoms with van der Waals surface area (Å²) >= 11 is 0. The lowest BCUT2D eigenvalue weighted by Gasteiger charge is -2.11. The molecule has 0 amide bonds. The number of hydrogen-bond donors (Lipinski definition) is 2. The summed E-state index contributed by atoms with van der Waals surface area (Å²) in [5, 5.41) is 12.8. The summed E-state index contributed by atoms with van der Waals surface area (Å²) in [7, 11) is 0. The summed E-state index contributed by atoms with van der Waals surface area (Å²) in [6.45, 7) is 3.90. The lowest BCUT2D eigenvalue weighted by Crippen LogP contribution is -2.04. The van der Waals surface area contributed by atoms with Crippen LogP contribution in [0.1, 0.15) is 29.8 Å². The molecule has 0 fully saturated rings. The van der Waals surface area contributed by atoms with E-state index in [1.807, 2.05) is 66.9 Å². The predicted octanol–water partition coefficient (Wildman–Crippen LogP) is 4.34. The van der Waals surface area contributed by atoms with E-state index in [0.29, 0.717) is 17.1 Å². The van der Waals surface area contributed by atoms with Crippen LogP contribution in [0.5, 0.6) is 0 Å². The number of imidazole rings is 1. The third-order valence-electron chi connectivity index (χ3n) is 4.61. The van der Waals surface area contributed by atoms with Gasteiger partial charge in [-0.15, -0.1) is 0 Å². The minimum absolute atomic E-state index is 0.0150. The molecule has 138 valence electrons. The molecule has 1 unspecified atom stereocenters. The van der Waals surface area contributed by atoms with Crippen molar-refractivity contribution in [2.24, 2.45) is 5.73 Å². The molecule has 6 heteroatoms. The second-order valence-electron chi connectivity index (χ2n) is 6.75. The van der Waals surface area contributed by atoms with Crippen LogP contribution < -0.4 is 11.1 Å². The average Bonchev–Trinajstić information content (AvgIpc) is 3.03. The number of nitriles is 1. The first-order valence-corrected chi connectivity index (χ1v) is 9.04. The van der Waals surface area contributed by atoms with Gasteiger partial charge in [-0.3, -0.25) is 4.40 Å². The van der Waals surface area contributed by atoms with E-state index in [9.17, 15) is 5.26 Å². The maximum absolute atomic E-state index is 9.49. The summed E-state index contributed by atoms with van der Waals surface area (Å²) < 4.78 is 1.99. The van der Waals surface area contributed by atoms with Gasteiger partial charge in [-0.1, -0.05) is 18.2 Å². The van der Waals surface area contributed by atoms with Crippen LogP contribution in [-0.4, -0.2) is 14.4 Å². The molecule has 28 heavy (non-hydrogen) atoms. The molecule has 1 atom stereocenters. The molecule has 0 aliphatic carbocycles. The number of nitrogens with two attached hydrogens (primary N) is 1. The van der Waals surface area contributed by atoms with Crippen molar-refractivity contribution in [2.75, 3.05) is 5.32 Å². The molecule has 0 radical (unpaired) electrons. The molecule has 0 spiro atoms. The minimum atomic E-state index is -0.0150. The van der Waals surface area contributed by atoms with E-state index in [4.69, 9.17) is 10.7 Å². The maximum Gasteiger partial charge on any atom is 0.137 e. The highest BCUT2D eigenvalue weighted by Crippen LogP contribution is 2.27. The van der Waals surface area contributed by atoms with E-state index in [1.54, 1.807) is 12.1 Å². The smallest absolute Gasteiger partial charge is 0.137 e. The van der Waals surface area contributed by atoms with Crippen LogP contribution in [0.25, 0.3) is 17.0 Å². The first-order chi connectivity index (χ1) is 13.5. The molecule has 0 bridgehead atoms. The van der Waals surface area contributed by atoms with Crippen molar-refractivity contribution in [3.63, 3.8) is 0 Å². The number of pyridine rings is 2. The molecule has 4 aromatic rings. The second kappa shape index (κ2) is 7.14. The van der Waals surface area contributed by atoms with Gasteiger partial charge in [0.05, 0.1) is 28.7 Å². The zero-order valence-corrected chi connectivity index (χ0v) is 15.7. The highest BCUT2D eigenvalue weighted by molar-refractivity contribution is 5.69. The van der Waals surface area contributed by atoms with Crippen molar-refractivity contribution in [1.29, 1.82) is 5.26 Å². The maximum atomic E-state index is 9.49. The number of aryl methyl sites for hydroxylation is 1. The summed E-state index contributed by atoms with van der Waals surface area (Å²) in [6, 6.07) is 19.5. The highest BCUT2D eigenvalue weighted by Gasteiger charge is 2.14. The highest BCUT2D eigenvalue weighted by atomic mass is 15.0. The Hall–Kier alpha value is -3.69. The zero-order chi connectivity index (χ0) is 19.7. The van der Waals surface area contributed by atoms with Gasteiger partial charge in [0.15, 0.2) is 0 Å². The van der Waals surface area contributed by atoms with Gasteiger partial charge in [-0.2, -0.15) is 5.26 Å². The molecular weight excluding hydrogens is 348 g/mol. The Kier molecular flexibility index (Phi) is 4.52. The van der Waals surface area contributed by atoms with E-state index in [1.165, 1.54) is 0 Å². The molecule has 0 aliphatic rings. The summed E-state index contributed by atoms with van der Waals surface area (Å²) in [5.74, 6) is 0.605. The second-order valence-corrected chi connectivity index (χ2v) is 6.75. The number of hydrogen-bond acceptors (Lipinski definition) is 5. The first kappa shape index (κ1) is 17.7. The van der Waals surface area contributed by atoms with Crippen LogP contribution >= 0.6 is 0 Å². The normalized spacial score (nSPS) is 11.9. The van der Waals surface area contributed by atoms with Crippen molar-refractivity contribution >= 4 is 17.2 Å². The predicted molar refractivity (Wildman–Crippen MR) is 110 cm³/mol. The Morgan fingerprint density at radius 2 is 1.89 bits per heavy atom. The molecule has 3 aromatic heterocycles. The summed E-state index contributed by atoms with van der Waals surface area (Å²) in [4.78, 5) is 9.33. The largest absolute Gasteiger partial charge is 0.340 e. The molecular formula is C22H20N6. The Balaban J connectivity index is 1.76. The van der Waals surface area contributed by atoms with Gasteiger partial charge >= 0.3 is 0 Å². The van der Waals surface area contributed by atoms with Gasteiger partial charge in [0.2, 0.25) is 0 Å². The van der Waals surface area contributed by atoms with Crippen LogP contribution in [0.4, 0.5) is 11.5 Å². The van der Waals surface area contributed by atoms with Crippen molar-refractivity contribution in [1.82, 2.24) is 14.4 Å². The Bertz CT molecular complexity index is 1180. The number of fused-ring (bicyclic) bond motifs is 1. The van der Waals surface area contributed by atoms with Crippen LogP contribution in [0.2, 0.25) is 0 Å². The Morgan fingerprint density at radius 3 is 2.61 bits per heavy atom. The van der Waals surface area contributed by atoms with Crippen molar-refractivity contribution in [3.8, 4) is 17.5 Å². The minimum Gasteiger partial charge on any atom is -0.340 e. The van der Waals surface area contributed by atoms with Crippen LogP contribution in [0, 0.1) is 18.3 Å². The first-order valence-electron chi connectivity index (χ1n) is 9.04. The Morgan fingerprint density at radius 1 is 1.11 bits per heavy atom. The third-order valence-corrected chi connectivity index (χ3v) is 4.61. The van der Waals surface area contributed by atoms with Gasteiger partial charge in [-0.05, 0) is 55.8 Å². The number of anilines is 2. The standard InChI is InChI=1S/C22H20N6/c1-14(24)17-6-8-18(9-7-17)26-20-12-16(13-23)11-19(27-20)22-15(2)25-21-5-3-4-10-28(21)22/h3-12,14H,24H2,1-2H3,(H,26,27). The summed E-state index contributed by atoms with van der Waals surface area (Å²) in [6.07, 6.45) is 1.95. The summed E-state index contributed by atoms with van der Waals surface area (Å²) in [5.41, 5.74) is 11.7. The van der Waals surface area contributed by atoms with Crippen LogP contribution in [-0.2, 0) is 0 Å². The fourth-order valence-corrected chi connectivity index (χ4v) is 3.22.